The Morgan fingerprint density at radius 3 is 2.91 bits per heavy atom. The van der Waals surface area contributed by atoms with Gasteiger partial charge in [-0.1, -0.05) is 11.8 Å². The van der Waals surface area contributed by atoms with Gasteiger partial charge in [0.2, 0.25) is 11.1 Å². The summed E-state index contributed by atoms with van der Waals surface area (Å²) in [4.78, 5) is 20.5. The lowest BCUT2D eigenvalue weighted by Crippen LogP contribution is -2.27. The Morgan fingerprint density at radius 2 is 2.17 bits per heavy atom. The molecule has 0 bridgehead atoms. The minimum absolute atomic E-state index is 0.0285. The molecular weight excluding hydrogens is 314 g/mol. The third-order valence-corrected chi connectivity index (χ3v) is 3.86. The smallest absolute Gasteiger partial charge is 0.253 e. The number of fused-ring (bicyclic) bond motifs is 1. The monoisotopic (exact) mass is 337 g/mol. The van der Waals surface area contributed by atoms with Gasteiger partial charge >= 0.3 is 0 Å². The van der Waals surface area contributed by atoms with Crippen molar-refractivity contribution in [3.8, 4) is 0 Å². The molecule has 2 heterocycles. The summed E-state index contributed by atoms with van der Waals surface area (Å²) >= 11 is 1.31. The lowest BCUT2D eigenvalue weighted by molar-refractivity contribution is -0.118. The normalized spacial score (nSPS) is 11.3. The Morgan fingerprint density at radius 1 is 1.39 bits per heavy atom. The minimum Gasteiger partial charge on any atom is -0.379 e. The highest BCUT2D eigenvalue weighted by Gasteiger charge is 2.10. The summed E-state index contributed by atoms with van der Waals surface area (Å²) < 4.78 is 7.11. The molecule has 0 radical (unpaired) electrons. The van der Waals surface area contributed by atoms with Crippen LogP contribution in [-0.4, -0.2) is 50.5 Å². The van der Waals surface area contributed by atoms with Gasteiger partial charge in [0.15, 0.2) is 0 Å². The van der Waals surface area contributed by atoms with Crippen LogP contribution in [0, 0.1) is 13.8 Å². The van der Waals surface area contributed by atoms with E-state index in [0.29, 0.717) is 29.8 Å². The molecule has 0 saturated heterocycles. The number of amides is 1. The standard InChI is InChI=1S/C15H23N5O2S/c1-10(2)22-7-5-6-16-13(21)9-23-15-18-14-17-11(3)8-12(4)20(14)19-15/h8,10H,5-7,9H2,1-4H3,(H,16,21). The van der Waals surface area contributed by atoms with Crippen LogP contribution in [0.25, 0.3) is 5.78 Å². The highest BCUT2D eigenvalue weighted by Crippen LogP contribution is 2.14. The first-order chi connectivity index (χ1) is 11.0. The summed E-state index contributed by atoms with van der Waals surface area (Å²) in [5.41, 5.74) is 1.88. The summed E-state index contributed by atoms with van der Waals surface area (Å²) in [5, 5.41) is 7.78. The van der Waals surface area contributed by atoms with Crippen molar-refractivity contribution in [2.45, 2.75) is 45.4 Å². The quantitative estimate of drug-likeness (QED) is 0.584. The topological polar surface area (TPSA) is 81.4 Å². The molecule has 1 amide bonds. The van der Waals surface area contributed by atoms with Crippen LogP contribution in [0.15, 0.2) is 11.2 Å². The van der Waals surface area contributed by atoms with Crippen LogP contribution in [-0.2, 0) is 9.53 Å². The van der Waals surface area contributed by atoms with E-state index < -0.39 is 0 Å². The van der Waals surface area contributed by atoms with Crippen LogP contribution in [0.1, 0.15) is 31.7 Å². The fraction of sp³-hybridized carbons (Fsp3) is 0.600. The predicted octanol–water partition coefficient (Wildman–Crippen LogP) is 1.76. The van der Waals surface area contributed by atoms with Crippen molar-refractivity contribution < 1.29 is 9.53 Å². The second-order valence-corrected chi connectivity index (χ2v) is 6.50. The van der Waals surface area contributed by atoms with Gasteiger partial charge in [0.1, 0.15) is 0 Å². The number of nitrogens with one attached hydrogen (secondary N) is 1. The van der Waals surface area contributed by atoms with Gasteiger partial charge in [0.05, 0.1) is 11.9 Å². The van der Waals surface area contributed by atoms with Crippen molar-refractivity contribution in [3.05, 3.63) is 17.5 Å². The number of hydrogen-bond donors (Lipinski definition) is 1. The van der Waals surface area contributed by atoms with Crippen molar-refractivity contribution in [1.82, 2.24) is 24.9 Å². The highest BCUT2D eigenvalue weighted by molar-refractivity contribution is 7.99. The largest absolute Gasteiger partial charge is 0.379 e. The molecule has 0 aliphatic heterocycles. The first kappa shape index (κ1) is 17.7. The molecule has 2 aromatic rings. The van der Waals surface area contributed by atoms with Crippen LogP contribution < -0.4 is 5.32 Å². The summed E-state index contributed by atoms with van der Waals surface area (Å²) in [6.07, 6.45) is 1.03. The molecule has 126 valence electrons. The number of ether oxygens (including phenoxy) is 1. The Hall–Kier alpha value is -1.67. The second-order valence-electron chi connectivity index (χ2n) is 5.56. The van der Waals surface area contributed by atoms with E-state index in [0.717, 1.165) is 17.8 Å². The van der Waals surface area contributed by atoms with Gasteiger partial charge in [-0.15, -0.1) is 5.10 Å². The van der Waals surface area contributed by atoms with Crippen LogP contribution in [0.3, 0.4) is 0 Å². The zero-order valence-corrected chi connectivity index (χ0v) is 14.8. The lowest BCUT2D eigenvalue weighted by atomic mass is 10.4. The molecule has 0 fully saturated rings. The van der Waals surface area contributed by atoms with Gasteiger partial charge in [0.25, 0.3) is 5.78 Å². The van der Waals surface area contributed by atoms with E-state index in [1.165, 1.54) is 11.8 Å². The van der Waals surface area contributed by atoms with Gasteiger partial charge in [0, 0.05) is 24.5 Å². The van der Waals surface area contributed by atoms with E-state index >= 15 is 0 Å². The van der Waals surface area contributed by atoms with Crippen molar-refractivity contribution in [1.29, 1.82) is 0 Å². The zero-order valence-electron chi connectivity index (χ0n) is 14.0. The number of carbonyl (C=O) groups is 1. The van der Waals surface area contributed by atoms with Crippen molar-refractivity contribution in [3.63, 3.8) is 0 Å². The van der Waals surface area contributed by atoms with Gasteiger partial charge < -0.3 is 10.1 Å². The summed E-state index contributed by atoms with van der Waals surface area (Å²) in [7, 11) is 0. The first-order valence-electron chi connectivity index (χ1n) is 7.68. The fourth-order valence-electron chi connectivity index (χ4n) is 2.01. The number of rotatable bonds is 8. The number of carbonyl (C=O) groups excluding carboxylic acids is 1. The second kappa shape index (κ2) is 8.26. The molecule has 2 aromatic heterocycles. The van der Waals surface area contributed by atoms with Crippen LogP contribution >= 0.6 is 11.8 Å². The molecule has 0 aliphatic carbocycles. The van der Waals surface area contributed by atoms with E-state index in [2.05, 4.69) is 20.4 Å². The van der Waals surface area contributed by atoms with Gasteiger partial charge in [-0.05, 0) is 40.2 Å². The van der Waals surface area contributed by atoms with Crippen LogP contribution in [0.5, 0.6) is 0 Å². The maximum absolute atomic E-state index is 11.8. The maximum Gasteiger partial charge on any atom is 0.253 e. The molecule has 1 N–H and O–H groups in total. The van der Waals surface area contributed by atoms with Crippen molar-refractivity contribution in [2.75, 3.05) is 18.9 Å². The molecule has 0 aliphatic rings. The zero-order chi connectivity index (χ0) is 16.8. The van der Waals surface area contributed by atoms with Crippen molar-refractivity contribution in [2.24, 2.45) is 0 Å². The fourth-order valence-corrected chi connectivity index (χ4v) is 2.66. The molecule has 2 rings (SSSR count). The molecular formula is C15H23N5O2S. The van der Waals surface area contributed by atoms with E-state index in [1.54, 1.807) is 4.52 Å². The third-order valence-electron chi connectivity index (χ3n) is 3.03. The predicted molar refractivity (Wildman–Crippen MR) is 89.7 cm³/mol. The molecule has 23 heavy (non-hydrogen) atoms. The number of aromatic nitrogens is 4. The molecule has 0 saturated carbocycles. The van der Waals surface area contributed by atoms with Crippen LogP contribution in [0.4, 0.5) is 0 Å². The minimum atomic E-state index is -0.0285. The lowest BCUT2D eigenvalue weighted by Gasteiger charge is -2.07. The van der Waals surface area contributed by atoms with Crippen molar-refractivity contribution >= 4 is 23.4 Å². The van der Waals surface area contributed by atoms with E-state index in [4.69, 9.17) is 4.74 Å². The van der Waals surface area contributed by atoms with E-state index in [9.17, 15) is 4.79 Å². The molecule has 0 aromatic carbocycles. The Balaban J connectivity index is 1.77. The summed E-state index contributed by atoms with van der Waals surface area (Å²) in [6, 6.07) is 1.95. The van der Waals surface area contributed by atoms with E-state index in [1.807, 2.05) is 33.8 Å². The molecule has 7 nitrogen and oxygen atoms in total. The molecule has 0 atom stereocenters. The third kappa shape index (κ3) is 5.47. The highest BCUT2D eigenvalue weighted by atomic mass is 32.2. The van der Waals surface area contributed by atoms with Gasteiger partial charge in [-0.25, -0.2) is 9.50 Å². The Bertz CT molecular complexity index is 671. The van der Waals surface area contributed by atoms with Crippen LogP contribution in [0.2, 0.25) is 0 Å². The average Bonchev–Trinajstić information content (AvgIpc) is 2.87. The number of nitrogens with zero attached hydrogens (tertiary/aromatic N) is 4. The Labute approximate surface area is 140 Å². The number of thioether (sulfide) groups is 1. The summed E-state index contributed by atoms with van der Waals surface area (Å²) in [5.74, 6) is 0.829. The first-order valence-corrected chi connectivity index (χ1v) is 8.66. The Kier molecular flexibility index (Phi) is 6.35. The van der Waals surface area contributed by atoms with Gasteiger partial charge in [-0.2, -0.15) is 4.98 Å². The molecule has 8 heteroatoms. The molecule has 0 unspecified atom stereocenters. The molecule has 0 spiro atoms. The number of aryl methyl sites for hydroxylation is 2. The van der Waals surface area contributed by atoms with Gasteiger partial charge in [-0.3, -0.25) is 4.79 Å². The summed E-state index contributed by atoms with van der Waals surface area (Å²) in [6.45, 7) is 9.14. The SMILES string of the molecule is Cc1cc(C)n2nc(SCC(=O)NCCCOC(C)C)nc2n1. The number of hydrogen-bond acceptors (Lipinski definition) is 6. The average molecular weight is 337 g/mol. The maximum atomic E-state index is 11.8. The van der Waals surface area contributed by atoms with E-state index in [-0.39, 0.29) is 12.0 Å².